The van der Waals surface area contributed by atoms with Crippen molar-refractivity contribution in [1.29, 1.82) is 0 Å². The van der Waals surface area contributed by atoms with Crippen molar-refractivity contribution in [3.05, 3.63) is 22.1 Å². The minimum absolute atomic E-state index is 0.161. The van der Waals surface area contributed by atoms with Gasteiger partial charge in [0, 0.05) is 31.4 Å². The summed E-state index contributed by atoms with van der Waals surface area (Å²) in [5, 5.41) is 5.16. The van der Waals surface area contributed by atoms with Crippen molar-refractivity contribution in [1.82, 2.24) is 19.5 Å². The zero-order valence-corrected chi connectivity index (χ0v) is 15.5. The molecule has 0 aromatic carbocycles. The van der Waals surface area contributed by atoms with Crippen LogP contribution in [0.3, 0.4) is 0 Å². The van der Waals surface area contributed by atoms with Gasteiger partial charge in [0.15, 0.2) is 0 Å². The van der Waals surface area contributed by atoms with Gasteiger partial charge >= 0.3 is 0 Å². The van der Waals surface area contributed by atoms with Crippen LogP contribution < -0.4 is 10.5 Å². The minimum atomic E-state index is -0.169. The third-order valence-corrected chi connectivity index (χ3v) is 6.19. The highest BCUT2D eigenvalue weighted by Gasteiger charge is 2.36. The molecule has 7 nitrogen and oxygen atoms in total. The van der Waals surface area contributed by atoms with Gasteiger partial charge in [0.1, 0.15) is 6.04 Å². The molecule has 0 radical (unpaired) electrons. The smallest absolute Gasteiger partial charge is 0.275 e. The van der Waals surface area contributed by atoms with Crippen LogP contribution in [-0.2, 0) is 4.79 Å². The molecule has 8 heteroatoms. The first kappa shape index (κ1) is 16.5. The first-order valence-electron chi connectivity index (χ1n) is 8.96. The molecule has 134 valence electrons. The fourth-order valence-corrected chi connectivity index (χ4v) is 4.75. The molecule has 0 saturated carbocycles. The van der Waals surface area contributed by atoms with Gasteiger partial charge in [-0.2, -0.15) is 4.52 Å². The number of rotatable bonds is 2. The van der Waals surface area contributed by atoms with E-state index in [1.54, 1.807) is 6.92 Å². The molecule has 0 N–H and O–H groups in total. The Morgan fingerprint density at radius 2 is 2.00 bits per heavy atom. The molecule has 1 atom stereocenters. The largest absolute Gasteiger partial charge is 0.341 e. The van der Waals surface area contributed by atoms with Gasteiger partial charge < -0.3 is 9.80 Å². The third kappa shape index (κ3) is 3.03. The molecule has 2 fully saturated rings. The minimum Gasteiger partial charge on any atom is -0.341 e. The second-order valence-corrected chi connectivity index (χ2v) is 8.11. The predicted octanol–water partition coefficient (Wildman–Crippen LogP) is 1.69. The number of hydrogen-bond donors (Lipinski definition) is 0. The average molecular weight is 361 g/mol. The molecule has 2 saturated heterocycles. The maximum atomic E-state index is 13.0. The normalized spacial score (nSPS) is 22.1. The SMILES string of the molecule is Cc1cc(=O)n2nc(N3CCCC3C(=O)N3CCC(C)CC3)sc2n1. The fourth-order valence-electron chi connectivity index (χ4n) is 3.72. The van der Waals surface area contributed by atoms with Crippen molar-refractivity contribution >= 4 is 27.3 Å². The van der Waals surface area contributed by atoms with Crippen LogP contribution in [-0.4, -0.2) is 51.1 Å². The Morgan fingerprint density at radius 1 is 1.24 bits per heavy atom. The summed E-state index contributed by atoms with van der Waals surface area (Å²) >= 11 is 1.39. The van der Waals surface area contributed by atoms with Crippen molar-refractivity contribution in [2.24, 2.45) is 5.92 Å². The van der Waals surface area contributed by atoms with E-state index in [4.69, 9.17) is 0 Å². The van der Waals surface area contributed by atoms with E-state index in [9.17, 15) is 9.59 Å². The van der Waals surface area contributed by atoms with Crippen LogP contribution in [0.15, 0.2) is 10.9 Å². The van der Waals surface area contributed by atoms with Crippen molar-refractivity contribution in [3.63, 3.8) is 0 Å². The topological polar surface area (TPSA) is 70.8 Å². The fraction of sp³-hybridized carbons (Fsp3) is 0.647. The monoisotopic (exact) mass is 361 g/mol. The van der Waals surface area contributed by atoms with E-state index in [0.717, 1.165) is 50.4 Å². The second-order valence-electron chi connectivity index (χ2n) is 7.17. The second kappa shape index (κ2) is 6.40. The zero-order chi connectivity index (χ0) is 17.6. The number of carbonyl (C=O) groups excluding carboxylic acids is 1. The number of amides is 1. The Bertz CT molecular complexity index is 852. The highest BCUT2D eigenvalue weighted by molar-refractivity contribution is 7.20. The van der Waals surface area contributed by atoms with E-state index in [-0.39, 0.29) is 17.5 Å². The number of fused-ring (bicyclic) bond motifs is 1. The lowest BCUT2D eigenvalue weighted by atomic mass is 9.98. The quantitative estimate of drug-likeness (QED) is 0.814. The van der Waals surface area contributed by atoms with Gasteiger partial charge in [-0.05, 0) is 38.5 Å². The maximum Gasteiger partial charge on any atom is 0.275 e. The zero-order valence-electron chi connectivity index (χ0n) is 14.6. The van der Waals surface area contributed by atoms with Crippen LogP contribution in [0.25, 0.3) is 4.96 Å². The van der Waals surface area contributed by atoms with Gasteiger partial charge in [-0.15, -0.1) is 5.10 Å². The van der Waals surface area contributed by atoms with Crippen molar-refractivity contribution in [2.45, 2.75) is 45.6 Å². The number of aryl methyl sites for hydroxylation is 1. The molecular formula is C17H23N5O2S. The van der Waals surface area contributed by atoms with E-state index in [2.05, 4.69) is 21.9 Å². The van der Waals surface area contributed by atoms with Gasteiger partial charge in [-0.25, -0.2) is 4.98 Å². The highest BCUT2D eigenvalue weighted by Crippen LogP contribution is 2.30. The average Bonchev–Trinajstić information content (AvgIpc) is 3.21. The number of carbonyl (C=O) groups is 1. The van der Waals surface area contributed by atoms with Gasteiger partial charge in [0.2, 0.25) is 16.0 Å². The molecule has 0 bridgehead atoms. The summed E-state index contributed by atoms with van der Waals surface area (Å²) in [5.74, 6) is 0.911. The Morgan fingerprint density at radius 3 is 2.76 bits per heavy atom. The molecule has 4 heterocycles. The third-order valence-electron chi connectivity index (χ3n) is 5.24. The van der Waals surface area contributed by atoms with E-state index in [0.29, 0.717) is 16.6 Å². The number of aromatic nitrogens is 3. The predicted molar refractivity (Wildman–Crippen MR) is 97.2 cm³/mol. The molecule has 2 aliphatic heterocycles. The van der Waals surface area contributed by atoms with E-state index < -0.39 is 0 Å². The van der Waals surface area contributed by atoms with E-state index in [1.165, 1.54) is 21.9 Å². The van der Waals surface area contributed by atoms with Crippen LogP contribution in [0.2, 0.25) is 0 Å². The summed E-state index contributed by atoms with van der Waals surface area (Å²) in [6.45, 7) is 6.56. The first-order valence-corrected chi connectivity index (χ1v) is 9.77. The first-order chi connectivity index (χ1) is 12.0. The van der Waals surface area contributed by atoms with E-state index in [1.807, 2.05) is 4.90 Å². The molecule has 1 amide bonds. The Balaban J connectivity index is 1.60. The Labute approximate surface area is 150 Å². The number of piperidine rings is 1. The Kier molecular flexibility index (Phi) is 4.23. The molecule has 25 heavy (non-hydrogen) atoms. The van der Waals surface area contributed by atoms with Crippen molar-refractivity contribution in [2.75, 3.05) is 24.5 Å². The summed E-state index contributed by atoms with van der Waals surface area (Å²) in [6, 6.07) is 1.32. The van der Waals surface area contributed by atoms with Crippen LogP contribution in [0.5, 0.6) is 0 Å². The van der Waals surface area contributed by atoms with Crippen LogP contribution in [0, 0.1) is 12.8 Å². The number of hydrogen-bond acceptors (Lipinski definition) is 6. The molecule has 2 aromatic heterocycles. The van der Waals surface area contributed by atoms with Crippen LogP contribution >= 0.6 is 11.3 Å². The lowest BCUT2D eigenvalue weighted by molar-refractivity contribution is -0.133. The van der Waals surface area contributed by atoms with Crippen LogP contribution in [0.1, 0.15) is 38.3 Å². The van der Waals surface area contributed by atoms with Gasteiger partial charge in [0.25, 0.3) is 5.56 Å². The van der Waals surface area contributed by atoms with Crippen molar-refractivity contribution < 1.29 is 4.79 Å². The number of likely N-dealkylation sites (tertiary alicyclic amines) is 1. The molecule has 0 aliphatic carbocycles. The van der Waals surface area contributed by atoms with Gasteiger partial charge in [0.05, 0.1) is 0 Å². The summed E-state index contributed by atoms with van der Waals surface area (Å²) in [5.41, 5.74) is 0.522. The lowest BCUT2D eigenvalue weighted by Crippen LogP contribution is -2.48. The number of nitrogens with zero attached hydrogens (tertiary/aromatic N) is 5. The molecule has 4 rings (SSSR count). The number of anilines is 1. The standard InChI is InChI=1S/C17H23N5O2S/c1-11-5-8-20(9-6-11)15(24)13-4-3-7-21(13)17-19-22-14(23)10-12(2)18-16(22)25-17/h10-11,13H,3-9H2,1-2H3. The molecule has 1 unspecified atom stereocenters. The maximum absolute atomic E-state index is 13.0. The lowest BCUT2D eigenvalue weighted by Gasteiger charge is -2.34. The molecular weight excluding hydrogens is 338 g/mol. The summed E-state index contributed by atoms with van der Waals surface area (Å²) < 4.78 is 1.34. The molecule has 2 aliphatic rings. The summed E-state index contributed by atoms with van der Waals surface area (Å²) in [4.78, 5) is 34.1. The highest BCUT2D eigenvalue weighted by atomic mass is 32.1. The summed E-state index contributed by atoms with van der Waals surface area (Å²) in [7, 11) is 0. The van der Waals surface area contributed by atoms with Gasteiger partial charge in [-0.3, -0.25) is 9.59 Å². The molecule has 2 aromatic rings. The van der Waals surface area contributed by atoms with Crippen molar-refractivity contribution in [3.8, 4) is 0 Å². The van der Waals surface area contributed by atoms with E-state index >= 15 is 0 Å². The summed E-state index contributed by atoms with van der Waals surface area (Å²) in [6.07, 6.45) is 3.98. The van der Waals surface area contributed by atoms with Crippen LogP contribution in [0.4, 0.5) is 5.13 Å². The van der Waals surface area contributed by atoms with Gasteiger partial charge in [-0.1, -0.05) is 18.3 Å². The molecule has 0 spiro atoms. The Hall–Kier alpha value is -1.96.